The van der Waals surface area contributed by atoms with E-state index in [4.69, 9.17) is 5.73 Å². The van der Waals surface area contributed by atoms with Crippen molar-refractivity contribution in [1.82, 2.24) is 5.48 Å². The quantitative estimate of drug-likeness (QED) is 0.808. The van der Waals surface area contributed by atoms with Crippen molar-refractivity contribution in [2.45, 2.75) is 18.6 Å². The van der Waals surface area contributed by atoms with Crippen LogP contribution in [0.25, 0.3) is 0 Å². The van der Waals surface area contributed by atoms with Gasteiger partial charge >= 0.3 is 6.18 Å². The summed E-state index contributed by atoms with van der Waals surface area (Å²) >= 11 is 0. The molecule has 0 saturated carbocycles. The number of hydrogen-bond donors (Lipinski definition) is 2. The first-order valence-electron chi connectivity index (χ1n) is 5.07. The van der Waals surface area contributed by atoms with E-state index < -0.39 is 24.2 Å². The molecule has 7 heteroatoms. The molecule has 1 amide bonds. The maximum absolute atomic E-state index is 11.8. The maximum Gasteiger partial charge on any atom is 0.414 e. The van der Waals surface area contributed by atoms with Gasteiger partial charge in [-0.2, -0.15) is 13.2 Å². The van der Waals surface area contributed by atoms with Crippen LogP contribution in [0.4, 0.5) is 13.2 Å². The van der Waals surface area contributed by atoms with Gasteiger partial charge in [0.1, 0.15) is 5.54 Å². The Morgan fingerprint density at radius 3 is 2.39 bits per heavy atom. The van der Waals surface area contributed by atoms with Crippen LogP contribution in [0.2, 0.25) is 0 Å². The summed E-state index contributed by atoms with van der Waals surface area (Å²) in [5, 5.41) is 0. The number of halogens is 3. The average Bonchev–Trinajstić information content (AvgIpc) is 2.28. The lowest BCUT2D eigenvalue weighted by Gasteiger charge is -2.23. The van der Waals surface area contributed by atoms with E-state index in [-0.39, 0.29) is 0 Å². The van der Waals surface area contributed by atoms with Crippen LogP contribution in [0.15, 0.2) is 30.3 Å². The van der Waals surface area contributed by atoms with Crippen LogP contribution in [0, 0.1) is 0 Å². The van der Waals surface area contributed by atoms with E-state index in [9.17, 15) is 18.0 Å². The molecule has 0 bridgehead atoms. The third-order valence-electron chi connectivity index (χ3n) is 2.25. The molecule has 1 aromatic carbocycles. The zero-order valence-electron chi connectivity index (χ0n) is 9.62. The van der Waals surface area contributed by atoms with E-state index in [0.717, 1.165) is 0 Å². The Hall–Kier alpha value is -1.60. The Kier molecular flexibility index (Phi) is 4.31. The number of hydroxylamine groups is 1. The van der Waals surface area contributed by atoms with Gasteiger partial charge in [0, 0.05) is 0 Å². The first kappa shape index (κ1) is 14.5. The van der Waals surface area contributed by atoms with E-state index in [0.29, 0.717) is 5.56 Å². The topological polar surface area (TPSA) is 64.4 Å². The minimum atomic E-state index is -4.51. The van der Waals surface area contributed by atoms with E-state index >= 15 is 0 Å². The van der Waals surface area contributed by atoms with E-state index in [1.165, 1.54) is 6.92 Å². The summed E-state index contributed by atoms with van der Waals surface area (Å²) in [4.78, 5) is 15.7. The number of rotatable bonds is 4. The van der Waals surface area contributed by atoms with E-state index in [1.54, 1.807) is 35.8 Å². The summed E-state index contributed by atoms with van der Waals surface area (Å²) in [5.74, 6) is -0.849. The SMILES string of the molecule is CC(N)(C(=O)NOCC(F)(F)F)c1ccccc1. The third-order valence-corrected chi connectivity index (χ3v) is 2.25. The van der Waals surface area contributed by atoms with Crippen molar-refractivity contribution in [2.24, 2.45) is 5.73 Å². The lowest BCUT2D eigenvalue weighted by atomic mass is 9.93. The van der Waals surface area contributed by atoms with Gasteiger partial charge in [0.15, 0.2) is 6.61 Å². The van der Waals surface area contributed by atoms with E-state index in [1.807, 2.05) is 0 Å². The van der Waals surface area contributed by atoms with Crippen molar-refractivity contribution in [1.29, 1.82) is 0 Å². The van der Waals surface area contributed by atoms with Gasteiger partial charge in [-0.15, -0.1) is 0 Å². The van der Waals surface area contributed by atoms with Crippen LogP contribution < -0.4 is 11.2 Å². The second kappa shape index (κ2) is 5.36. The Labute approximate surface area is 102 Å². The Bertz CT molecular complexity index is 404. The molecule has 0 aliphatic carbocycles. The molecule has 1 atom stereocenters. The predicted octanol–water partition coefficient (Wildman–Crippen LogP) is 1.47. The highest BCUT2D eigenvalue weighted by Crippen LogP contribution is 2.18. The van der Waals surface area contributed by atoms with Gasteiger partial charge in [0.25, 0.3) is 5.91 Å². The molecule has 0 saturated heterocycles. The number of carbonyl (C=O) groups is 1. The van der Waals surface area contributed by atoms with Gasteiger partial charge in [0.05, 0.1) is 0 Å². The first-order valence-corrected chi connectivity index (χ1v) is 5.07. The van der Waals surface area contributed by atoms with Crippen molar-refractivity contribution in [3.63, 3.8) is 0 Å². The molecule has 1 aromatic rings. The predicted molar refractivity (Wildman–Crippen MR) is 58.1 cm³/mol. The average molecular weight is 262 g/mol. The molecule has 0 spiro atoms. The molecular formula is C11H13F3N2O2. The summed E-state index contributed by atoms with van der Waals surface area (Å²) in [6, 6.07) is 8.28. The third kappa shape index (κ3) is 4.01. The number of amides is 1. The molecule has 0 fully saturated rings. The molecule has 4 nitrogen and oxygen atoms in total. The lowest BCUT2D eigenvalue weighted by molar-refractivity contribution is -0.193. The standard InChI is InChI=1S/C11H13F3N2O2/c1-10(15,8-5-3-2-4-6-8)9(17)16-18-7-11(12,13)14/h2-6H,7,15H2,1H3,(H,16,17). The minimum Gasteiger partial charge on any atom is -0.314 e. The lowest BCUT2D eigenvalue weighted by Crippen LogP contribution is -2.49. The van der Waals surface area contributed by atoms with Crippen molar-refractivity contribution in [2.75, 3.05) is 6.61 Å². The minimum absolute atomic E-state index is 0.470. The van der Waals surface area contributed by atoms with Crippen LogP contribution in [0.5, 0.6) is 0 Å². The van der Waals surface area contributed by atoms with Crippen LogP contribution in [0.1, 0.15) is 12.5 Å². The number of nitrogens with two attached hydrogens (primary N) is 1. The molecule has 100 valence electrons. The highest BCUT2D eigenvalue weighted by atomic mass is 19.4. The number of alkyl halides is 3. The molecule has 1 rings (SSSR count). The molecular weight excluding hydrogens is 249 g/mol. The van der Waals surface area contributed by atoms with Crippen LogP contribution in [-0.2, 0) is 15.2 Å². The molecule has 0 aromatic heterocycles. The summed E-state index contributed by atoms with van der Waals surface area (Å²) < 4.78 is 35.5. The Morgan fingerprint density at radius 2 is 1.89 bits per heavy atom. The van der Waals surface area contributed by atoms with Gasteiger partial charge in [-0.25, -0.2) is 5.48 Å². The van der Waals surface area contributed by atoms with E-state index in [2.05, 4.69) is 4.84 Å². The summed E-state index contributed by atoms with van der Waals surface area (Å²) in [5.41, 5.74) is 6.46. The molecule has 18 heavy (non-hydrogen) atoms. The summed E-state index contributed by atoms with van der Waals surface area (Å²) in [6.45, 7) is -0.182. The van der Waals surface area contributed by atoms with Crippen LogP contribution in [0.3, 0.4) is 0 Å². The zero-order chi connectivity index (χ0) is 13.8. The fraction of sp³-hybridized carbons (Fsp3) is 0.364. The fourth-order valence-corrected chi connectivity index (χ4v) is 1.20. The number of carbonyl (C=O) groups excluding carboxylic acids is 1. The monoisotopic (exact) mass is 262 g/mol. The fourth-order valence-electron chi connectivity index (χ4n) is 1.20. The number of benzene rings is 1. The van der Waals surface area contributed by atoms with Crippen molar-refractivity contribution in [3.05, 3.63) is 35.9 Å². The molecule has 1 unspecified atom stereocenters. The molecule has 0 radical (unpaired) electrons. The largest absolute Gasteiger partial charge is 0.414 e. The molecule has 0 aliphatic rings. The zero-order valence-corrected chi connectivity index (χ0v) is 9.62. The highest BCUT2D eigenvalue weighted by Gasteiger charge is 2.33. The smallest absolute Gasteiger partial charge is 0.314 e. The van der Waals surface area contributed by atoms with Crippen molar-refractivity contribution in [3.8, 4) is 0 Å². The number of nitrogens with one attached hydrogen (secondary N) is 1. The van der Waals surface area contributed by atoms with Crippen molar-refractivity contribution < 1.29 is 22.8 Å². The van der Waals surface area contributed by atoms with Crippen LogP contribution >= 0.6 is 0 Å². The number of hydrogen-bond acceptors (Lipinski definition) is 3. The molecule has 0 aliphatic heterocycles. The second-order valence-corrected chi connectivity index (χ2v) is 3.90. The summed E-state index contributed by atoms with van der Waals surface area (Å²) in [7, 11) is 0. The highest BCUT2D eigenvalue weighted by molar-refractivity contribution is 5.86. The second-order valence-electron chi connectivity index (χ2n) is 3.90. The maximum atomic E-state index is 11.8. The van der Waals surface area contributed by atoms with Gasteiger partial charge in [-0.3, -0.25) is 9.63 Å². The van der Waals surface area contributed by atoms with Gasteiger partial charge in [-0.05, 0) is 12.5 Å². The van der Waals surface area contributed by atoms with Gasteiger partial charge < -0.3 is 5.73 Å². The summed E-state index contributed by atoms with van der Waals surface area (Å²) in [6.07, 6.45) is -4.51. The Balaban J connectivity index is 2.61. The van der Waals surface area contributed by atoms with Gasteiger partial charge in [0.2, 0.25) is 0 Å². The Morgan fingerprint density at radius 1 is 1.33 bits per heavy atom. The van der Waals surface area contributed by atoms with Crippen molar-refractivity contribution >= 4 is 5.91 Å². The normalized spacial score (nSPS) is 14.9. The van der Waals surface area contributed by atoms with Gasteiger partial charge in [-0.1, -0.05) is 30.3 Å². The molecule has 0 heterocycles. The molecule has 3 N–H and O–H groups in total. The van der Waals surface area contributed by atoms with Crippen LogP contribution in [-0.4, -0.2) is 18.7 Å². The first-order chi connectivity index (χ1) is 8.23.